The first-order valence-electron chi connectivity index (χ1n) is 14.3. The molecule has 0 saturated heterocycles. The summed E-state index contributed by atoms with van der Waals surface area (Å²) in [6.45, 7) is 12.0. The number of ether oxygens (including phenoxy) is 1. The number of aromatic nitrogens is 2. The van der Waals surface area contributed by atoms with Gasteiger partial charge in [0.15, 0.2) is 0 Å². The molecule has 0 aliphatic heterocycles. The standard InChI is InChI=1S/C32H45ClN6O3/c1-21(2)42-28-13-12-24(17-26(28)33)30(41)36-25(18-35-29(40)20-38(6)7)16-22-8-10-23(11-9-22)27-19-39(15-14-34)31(37-27)32(3,4)5/h8-13,17,19,21,25H,14-16,18,20,34H2,1-7H3,(H,35,40)(H,36,41). The molecular formula is C32H45ClN6O3. The molecule has 1 aromatic heterocycles. The van der Waals surface area contributed by atoms with Crippen LogP contribution >= 0.6 is 11.6 Å². The number of imidazole rings is 1. The molecule has 0 saturated carbocycles. The molecular weight excluding hydrogens is 552 g/mol. The van der Waals surface area contributed by atoms with Gasteiger partial charge in [0.2, 0.25) is 5.91 Å². The Morgan fingerprint density at radius 1 is 1.12 bits per heavy atom. The van der Waals surface area contributed by atoms with Gasteiger partial charge in [-0.2, -0.15) is 0 Å². The van der Waals surface area contributed by atoms with Crippen molar-refractivity contribution in [2.45, 2.75) is 65.1 Å². The first kappa shape index (κ1) is 33.1. The quantitative estimate of drug-likeness (QED) is 0.272. The van der Waals surface area contributed by atoms with Crippen LogP contribution in [-0.2, 0) is 23.2 Å². The predicted molar refractivity (Wildman–Crippen MR) is 169 cm³/mol. The van der Waals surface area contributed by atoms with Gasteiger partial charge in [-0.1, -0.05) is 56.6 Å². The molecule has 1 atom stereocenters. The number of nitrogens with one attached hydrogen (secondary N) is 2. The van der Waals surface area contributed by atoms with E-state index in [0.717, 1.165) is 22.6 Å². The zero-order chi connectivity index (χ0) is 31.0. The maximum Gasteiger partial charge on any atom is 0.251 e. The van der Waals surface area contributed by atoms with Crippen LogP contribution in [-0.4, -0.2) is 72.1 Å². The second-order valence-corrected chi connectivity index (χ2v) is 12.5. The van der Waals surface area contributed by atoms with Crippen LogP contribution in [0, 0.1) is 0 Å². The average Bonchev–Trinajstić information content (AvgIpc) is 3.33. The molecule has 10 heteroatoms. The molecule has 2 aromatic carbocycles. The number of hydrogen-bond donors (Lipinski definition) is 3. The number of amides is 2. The topological polar surface area (TPSA) is 115 Å². The maximum atomic E-state index is 13.2. The van der Waals surface area contributed by atoms with Crippen molar-refractivity contribution in [3.8, 4) is 17.0 Å². The first-order valence-corrected chi connectivity index (χ1v) is 14.7. The minimum absolute atomic E-state index is 0.0362. The van der Waals surface area contributed by atoms with E-state index in [1.807, 2.05) is 58.4 Å². The summed E-state index contributed by atoms with van der Waals surface area (Å²) in [6.07, 6.45) is 2.53. The van der Waals surface area contributed by atoms with Crippen LogP contribution in [0.4, 0.5) is 0 Å². The van der Waals surface area contributed by atoms with Gasteiger partial charge < -0.3 is 30.6 Å². The molecule has 0 fully saturated rings. The van der Waals surface area contributed by atoms with Gasteiger partial charge in [0.25, 0.3) is 5.91 Å². The first-order chi connectivity index (χ1) is 19.8. The van der Waals surface area contributed by atoms with Gasteiger partial charge in [0.1, 0.15) is 11.6 Å². The lowest BCUT2D eigenvalue weighted by Gasteiger charge is -2.21. The van der Waals surface area contributed by atoms with E-state index in [2.05, 4.69) is 36.0 Å². The Hall–Kier alpha value is -3.40. The van der Waals surface area contributed by atoms with Crippen molar-refractivity contribution in [3.63, 3.8) is 0 Å². The Balaban J connectivity index is 1.78. The van der Waals surface area contributed by atoms with Crippen LogP contribution in [0.3, 0.4) is 0 Å². The molecule has 2 amide bonds. The van der Waals surface area contributed by atoms with E-state index in [0.29, 0.717) is 35.8 Å². The SMILES string of the molecule is CC(C)Oc1ccc(C(=O)NC(CNC(=O)CN(C)C)Cc2ccc(-c3cn(CCN)c(C(C)(C)C)n3)cc2)cc1Cl. The van der Waals surface area contributed by atoms with Crippen LogP contribution in [0.2, 0.25) is 5.02 Å². The van der Waals surface area contributed by atoms with Crippen molar-refractivity contribution < 1.29 is 14.3 Å². The van der Waals surface area contributed by atoms with Crippen LogP contribution in [0.25, 0.3) is 11.3 Å². The Morgan fingerprint density at radius 3 is 2.38 bits per heavy atom. The summed E-state index contributed by atoms with van der Waals surface area (Å²) in [4.78, 5) is 32.3. The summed E-state index contributed by atoms with van der Waals surface area (Å²) in [6, 6.07) is 12.8. The molecule has 4 N–H and O–H groups in total. The second-order valence-electron chi connectivity index (χ2n) is 12.1. The number of nitrogens with two attached hydrogens (primary N) is 1. The fourth-order valence-corrected chi connectivity index (χ4v) is 4.80. The van der Waals surface area contributed by atoms with Crippen LogP contribution in [0.1, 0.15) is 56.4 Å². The van der Waals surface area contributed by atoms with Crippen LogP contribution in [0.5, 0.6) is 5.75 Å². The summed E-state index contributed by atoms with van der Waals surface area (Å²) in [5.74, 6) is 1.12. The highest BCUT2D eigenvalue weighted by Gasteiger charge is 2.22. The Morgan fingerprint density at radius 2 is 1.81 bits per heavy atom. The largest absolute Gasteiger partial charge is 0.489 e. The zero-order valence-electron chi connectivity index (χ0n) is 25.8. The second kappa shape index (κ2) is 14.7. The van der Waals surface area contributed by atoms with E-state index in [-0.39, 0.29) is 42.5 Å². The van der Waals surface area contributed by atoms with Crippen molar-refractivity contribution >= 4 is 23.4 Å². The number of rotatable bonds is 13. The molecule has 0 spiro atoms. The molecule has 1 unspecified atom stereocenters. The molecule has 228 valence electrons. The number of likely N-dealkylation sites (N-methyl/N-ethyl adjacent to an activating group) is 1. The van der Waals surface area contributed by atoms with Crippen molar-refractivity contribution in [3.05, 3.63) is 70.6 Å². The van der Waals surface area contributed by atoms with E-state index in [4.69, 9.17) is 27.1 Å². The number of hydrogen-bond acceptors (Lipinski definition) is 6. The lowest BCUT2D eigenvalue weighted by atomic mass is 9.95. The smallest absolute Gasteiger partial charge is 0.251 e. The predicted octanol–water partition coefficient (Wildman–Crippen LogP) is 4.27. The normalized spacial score (nSPS) is 12.5. The molecule has 0 aliphatic rings. The summed E-state index contributed by atoms with van der Waals surface area (Å²) in [5.41, 5.74) is 9.05. The minimum atomic E-state index is -0.351. The van der Waals surface area contributed by atoms with Crippen molar-refractivity contribution in [2.24, 2.45) is 5.73 Å². The van der Waals surface area contributed by atoms with E-state index < -0.39 is 0 Å². The highest BCUT2D eigenvalue weighted by atomic mass is 35.5. The fourth-order valence-electron chi connectivity index (χ4n) is 4.57. The summed E-state index contributed by atoms with van der Waals surface area (Å²) >= 11 is 6.37. The van der Waals surface area contributed by atoms with Gasteiger partial charge in [-0.25, -0.2) is 4.98 Å². The molecule has 3 aromatic rings. The van der Waals surface area contributed by atoms with Crippen molar-refractivity contribution in [1.82, 2.24) is 25.1 Å². The minimum Gasteiger partial charge on any atom is -0.489 e. The van der Waals surface area contributed by atoms with E-state index in [1.54, 1.807) is 23.1 Å². The van der Waals surface area contributed by atoms with Crippen LogP contribution < -0.4 is 21.1 Å². The third kappa shape index (κ3) is 9.58. The Bertz CT molecular complexity index is 1350. The zero-order valence-corrected chi connectivity index (χ0v) is 26.6. The molecule has 3 rings (SSSR count). The summed E-state index contributed by atoms with van der Waals surface area (Å²) in [7, 11) is 3.67. The lowest BCUT2D eigenvalue weighted by Crippen LogP contribution is -2.46. The maximum absolute atomic E-state index is 13.2. The number of carbonyl (C=O) groups is 2. The molecule has 0 radical (unpaired) electrons. The van der Waals surface area contributed by atoms with Crippen molar-refractivity contribution in [1.29, 1.82) is 0 Å². The fraction of sp³-hybridized carbons (Fsp3) is 0.469. The lowest BCUT2D eigenvalue weighted by molar-refractivity contribution is -0.121. The van der Waals surface area contributed by atoms with Gasteiger partial charge in [-0.15, -0.1) is 0 Å². The van der Waals surface area contributed by atoms with E-state index in [9.17, 15) is 9.59 Å². The van der Waals surface area contributed by atoms with Gasteiger partial charge in [-0.05, 0) is 58.1 Å². The molecule has 9 nitrogen and oxygen atoms in total. The molecule has 1 heterocycles. The Labute approximate surface area is 254 Å². The summed E-state index contributed by atoms with van der Waals surface area (Å²) in [5, 5.41) is 6.38. The summed E-state index contributed by atoms with van der Waals surface area (Å²) < 4.78 is 7.81. The molecule has 42 heavy (non-hydrogen) atoms. The Kier molecular flexibility index (Phi) is 11.6. The van der Waals surface area contributed by atoms with Gasteiger partial charge >= 0.3 is 0 Å². The van der Waals surface area contributed by atoms with Gasteiger partial charge in [0, 0.05) is 42.4 Å². The van der Waals surface area contributed by atoms with Crippen LogP contribution in [0.15, 0.2) is 48.7 Å². The highest BCUT2D eigenvalue weighted by Crippen LogP contribution is 2.28. The van der Waals surface area contributed by atoms with E-state index in [1.165, 1.54) is 0 Å². The number of benzene rings is 2. The average molecular weight is 597 g/mol. The third-order valence-electron chi connectivity index (χ3n) is 6.45. The molecule has 0 bridgehead atoms. The van der Waals surface area contributed by atoms with E-state index >= 15 is 0 Å². The third-order valence-corrected chi connectivity index (χ3v) is 6.74. The number of halogens is 1. The highest BCUT2D eigenvalue weighted by molar-refractivity contribution is 6.32. The van der Waals surface area contributed by atoms with Gasteiger partial charge in [0.05, 0.1) is 29.4 Å². The van der Waals surface area contributed by atoms with Gasteiger partial charge in [-0.3, -0.25) is 9.59 Å². The van der Waals surface area contributed by atoms with Crippen molar-refractivity contribution in [2.75, 3.05) is 33.7 Å². The molecule has 0 aliphatic carbocycles. The number of nitrogens with zero attached hydrogens (tertiary/aromatic N) is 3. The number of carbonyl (C=O) groups excluding carboxylic acids is 2. The monoisotopic (exact) mass is 596 g/mol.